The smallest absolute Gasteiger partial charge is 0.230 e. The second-order valence-corrected chi connectivity index (χ2v) is 7.61. The van der Waals surface area contributed by atoms with E-state index in [9.17, 15) is 4.79 Å². The first-order valence-electron chi connectivity index (χ1n) is 9.90. The summed E-state index contributed by atoms with van der Waals surface area (Å²) < 4.78 is 5.53. The maximum absolute atomic E-state index is 12.1. The molecule has 1 heterocycles. The van der Waals surface area contributed by atoms with E-state index in [4.69, 9.17) is 4.42 Å². The molecule has 5 nitrogen and oxygen atoms in total. The summed E-state index contributed by atoms with van der Waals surface area (Å²) in [6, 6.07) is 20.2. The van der Waals surface area contributed by atoms with Crippen LogP contribution in [0, 0.1) is 0 Å². The van der Waals surface area contributed by atoms with E-state index in [1.165, 1.54) is 5.69 Å². The summed E-state index contributed by atoms with van der Waals surface area (Å²) in [6.07, 6.45) is 2.58. The van der Waals surface area contributed by atoms with E-state index < -0.39 is 0 Å². The molecule has 3 aromatic rings. The van der Waals surface area contributed by atoms with Gasteiger partial charge in [0, 0.05) is 36.6 Å². The van der Waals surface area contributed by atoms with Crippen LogP contribution in [0.2, 0.25) is 0 Å². The van der Waals surface area contributed by atoms with Crippen LogP contribution >= 0.6 is 11.8 Å². The number of amides is 1. The second kappa shape index (κ2) is 11.3. The monoisotopic (exact) mass is 409 g/mol. The number of carbonyl (C=O) groups excluding carboxylic acids is 1. The van der Waals surface area contributed by atoms with Gasteiger partial charge < -0.3 is 14.6 Å². The van der Waals surface area contributed by atoms with Crippen molar-refractivity contribution in [1.82, 2.24) is 10.3 Å². The Morgan fingerprint density at radius 3 is 2.55 bits per heavy atom. The van der Waals surface area contributed by atoms with Crippen LogP contribution in [0.15, 0.2) is 71.3 Å². The SMILES string of the molecule is CCN(CCCNC(=O)CSCc1coc(-c2ccccc2)n1)c1ccccc1. The van der Waals surface area contributed by atoms with Crippen LogP contribution in [0.5, 0.6) is 0 Å². The average molecular weight is 410 g/mol. The Morgan fingerprint density at radius 1 is 1.10 bits per heavy atom. The van der Waals surface area contributed by atoms with Crippen molar-refractivity contribution in [2.45, 2.75) is 19.1 Å². The summed E-state index contributed by atoms with van der Waals surface area (Å²) in [5.41, 5.74) is 3.03. The lowest BCUT2D eigenvalue weighted by Crippen LogP contribution is -2.30. The van der Waals surface area contributed by atoms with Gasteiger partial charge in [-0.25, -0.2) is 4.98 Å². The maximum atomic E-state index is 12.1. The first-order chi connectivity index (χ1) is 14.3. The standard InChI is InChI=1S/C23H27N3O2S/c1-2-26(21-12-7-4-8-13-21)15-9-14-24-22(27)18-29-17-20-16-28-23(25-20)19-10-5-3-6-11-19/h3-8,10-13,16H,2,9,14-15,17-18H2,1H3,(H,24,27). The number of hydrogen-bond acceptors (Lipinski definition) is 5. The average Bonchev–Trinajstić information content (AvgIpc) is 3.24. The minimum atomic E-state index is 0.0598. The van der Waals surface area contributed by atoms with Crippen molar-refractivity contribution in [2.75, 3.05) is 30.3 Å². The molecule has 6 heteroatoms. The summed E-state index contributed by atoms with van der Waals surface area (Å²) in [4.78, 5) is 18.9. The number of rotatable bonds is 11. The van der Waals surface area contributed by atoms with Gasteiger partial charge in [-0.1, -0.05) is 36.4 Å². The number of anilines is 1. The highest BCUT2D eigenvalue weighted by molar-refractivity contribution is 7.99. The van der Waals surface area contributed by atoms with Gasteiger partial charge in [-0.3, -0.25) is 4.79 Å². The molecule has 1 aromatic heterocycles. The summed E-state index contributed by atoms with van der Waals surface area (Å²) in [5, 5.41) is 3.00. The van der Waals surface area contributed by atoms with E-state index in [0.717, 1.165) is 30.8 Å². The zero-order valence-corrected chi connectivity index (χ0v) is 17.5. The minimum absolute atomic E-state index is 0.0598. The van der Waals surface area contributed by atoms with Gasteiger partial charge in [0.2, 0.25) is 11.8 Å². The van der Waals surface area contributed by atoms with Crippen LogP contribution in [-0.2, 0) is 10.5 Å². The fourth-order valence-electron chi connectivity index (χ4n) is 2.99. The van der Waals surface area contributed by atoms with Crippen molar-refractivity contribution in [3.8, 4) is 11.5 Å². The molecule has 0 unspecified atom stereocenters. The molecule has 1 amide bonds. The van der Waals surface area contributed by atoms with Crippen LogP contribution in [0.4, 0.5) is 5.69 Å². The number of nitrogens with one attached hydrogen (secondary N) is 1. The van der Waals surface area contributed by atoms with Crippen LogP contribution in [0.3, 0.4) is 0 Å². The Balaban J connectivity index is 1.32. The van der Waals surface area contributed by atoms with Gasteiger partial charge in [-0.2, -0.15) is 0 Å². The van der Waals surface area contributed by atoms with Crippen molar-refractivity contribution >= 4 is 23.4 Å². The van der Waals surface area contributed by atoms with Crippen molar-refractivity contribution in [2.24, 2.45) is 0 Å². The molecule has 0 atom stereocenters. The van der Waals surface area contributed by atoms with E-state index in [1.807, 2.05) is 36.4 Å². The summed E-state index contributed by atoms with van der Waals surface area (Å²) >= 11 is 1.54. The molecule has 2 aromatic carbocycles. The molecule has 0 spiro atoms. The van der Waals surface area contributed by atoms with Gasteiger partial charge in [-0.15, -0.1) is 11.8 Å². The summed E-state index contributed by atoms with van der Waals surface area (Å²) in [6.45, 7) is 4.71. The third-order valence-electron chi connectivity index (χ3n) is 4.49. The lowest BCUT2D eigenvalue weighted by Gasteiger charge is -2.23. The molecule has 29 heavy (non-hydrogen) atoms. The molecule has 0 saturated heterocycles. The number of oxazole rings is 1. The predicted molar refractivity (Wildman–Crippen MR) is 120 cm³/mol. The Hall–Kier alpha value is -2.73. The maximum Gasteiger partial charge on any atom is 0.230 e. The number of benzene rings is 2. The molecular weight excluding hydrogens is 382 g/mol. The highest BCUT2D eigenvalue weighted by Crippen LogP contribution is 2.20. The van der Waals surface area contributed by atoms with Gasteiger partial charge in [0.25, 0.3) is 0 Å². The van der Waals surface area contributed by atoms with Gasteiger partial charge in [0.15, 0.2) is 0 Å². The Bertz CT molecular complexity index is 868. The van der Waals surface area contributed by atoms with Crippen LogP contribution in [0.1, 0.15) is 19.0 Å². The number of carbonyl (C=O) groups is 1. The molecule has 0 aliphatic carbocycles. The van der Waals surface area contributed by atoms with Crippen molar-refractivity contribution in [3.63, 3.8) is 0 Å². The fraction of sp³-hybridized carbons (Fsp3) is 0.304. The first kappa shape index (κ1) is 21.0. The van der Waals surface area contributed by atoms with E-state index in [2.05, 4.69) is 46.4 Å². The highest BCUT2D eigenvalue weighted by Gasteiger charge is 2.08. The third-order valence-corrected chi connectivity index (χ3v) is 5.45. The highest BCUT2D eigenvalue weighted by atomic mass is 32.2. The molecule has 152 valence electrons. The minimum Gasteiger partial charge on any atom is -0.444 e. The van der Waals surface area contributed by atoms with E-state index in [-0.39, 0.29) is 5.91 Å². The van der Waals surface area contributed by atoms with Gasteiger partial charge >= 0.3 is 0 Å². The summed E-state index contributed by atoms with van der Waals surface area (Å²) in [7, 11) is 0. The van der Waals surface area contributed by atoms with Gasteiger partial charge in [0.05, 0.1) is 11.4 Å². The molecule has 0 aliphatic heterocycles. The predicted octanol–water partition coefficient (Wildman–Crippen LogP) is 4.61. The largest absolute Gasteiger partial charge is 0.444 e. The van der Waals surface area contributed by atoms with E-state index in [1.54, 1.807) is 18.0 Å². The lowest BCUT2D eigenvalue weighted by molar-refractivity contribution is -0.118. The molecule has 0 radical (unpaired) electrons. The number of nitrogens with zero attached hydrogens (tertiary/aromatic N) is 2. The zero-order chi connectivity index (χ0) is 20.3. The van der Waals surface area contributed by atoms with Crippen molar-refractivity contribution in [3.05, 3.63) is 72.6 Å². The van der Waals surface area contributed by atoms with Gasteiger partial charge in [0.1, 0.15) is 6.26 Å². The van der Waals surface area contributed by atoms with Crippen LogP contribution in [0.25, 0.3) is 11.5 Å². The van der Waals surface area contributed by atoms with E-state index >= 15 is 0 Å². The molecule has 3 rings (SSSR count). The first-order valence-corrected chi connectivity index (χ1v) is 11.1. The molecule has 0 aliphatic rings. The van der Waals surface area contributed by atoms with Gasteiger partial charge in [-0.05, 0) is 37.6 Å². The topological polar surface area (TPSA) is 58.4 Å². The number of thioether (sulfide) groups is 1. The lowest BCUT2D eigenvalue weighted by atomic mass is 10.2. The molecule has 0 saturated carbocycles. The molecule has 0 bridgehead atoms. The van der Waals surface area contributed by atoms with E-state index in [0.29, 0.717) is 23.9 Å². The number of aromatic nitrogens is 1. The second-order valence-electron chi connectivity index (χ2n) is 6.62. The Labute approximate surface area is 176 Å². The Morgan fingerprint density at radius 2 is 1.83 bits per heavy atom. The Kier molecular flexibility index (Phi) is 8.19. The molecule has 1 N–H and O–H groups in total. The normalized spacial score (nSPS) is 10.7. The third kappa shape index (κ3) is 6.68. The molecule has 0 fully saturated rings. The summed E-state index contributed by atoms with van der Waals surface area (Å²) in [5.74, 6) is 1.75. The van der Waals surface area contributed by atoms with Crippen molar-refractivity contribution < 1.29 is 9.21 Å². The van der Waals surface area contributed by atoms with Crippen LogP contribution < -0.4 is 10.2 Å². The van der Waals surface area contributed by atoms with Crippen LogP contribution in [-0.4, -0.2) is 36.3 Å². The quantitative estimate of drug-likeness (QED) is 0.469. The van der Waals surface area contributed by atoms with Crippen molar-refractivity contribution in [1.29, 1.82) is 0 Å². The number of para-hydroxylation sites is 1. The number of hydrogen-bond donors (Lipinski definition) is 1. The molecular formula is C23H27N3O2S. The fourth-order valence-corrected chi connectivity index (χ4v) is 3.72. The zero-order valence-electron chi connectivity index (χ0n) is 16.7.